The first-order valence-electron chi connectivity index (χ1n) is 14.7. The smallest absolute Gasteiger partial charge is 0.317 e. The highest BCUT2D eigenvalue weighted by atomic mass is 19.1. The fourth-order valence-electron chi connectivity index (χ4n) is 5.83. The van der Waals surface area contributed by atoms with E-state index >= 15 is 0 Å². The molecule has 1 aliphatic heterocycles. The number of aromatic nitrogens is 2. The molecule has 2 amide bonds. The number of benzene rings is 1. The van der Waals surface area contributed by atoms with Crippen molar-refractivity contribution in [3.8, 4) is 5.69 Å². The Bertz CT molecular complexity index is 1040. The molecule has 1 N–H and O–H groups in total. The lowest BCUT2D eigenvalue weighted by Crippen LogP contribution is -2.50. The van der Waals surface area contributed by atoms with Crippen LogP contribution in [0.5, 0.6) is 0 Å². The van der Waals surface area contributed by atoms with Gasteiger partial charge >= 0.3 is 6.03 Å². The van der Waals surface area contributed by atoms with Gasteiger partial charge in [-0.15, -0.1) is 0 Å². The first-order valence-corrected chi connectivity index (χ1v) is 14.7. The predicted molar refractivity (Wildman–Crippen MR) is 152 cm³/mol. The van der Waals surface area contributed by atoms with Gasteiger partial charge in [0.15, 0.2) is 0 Å². The lowest BCUT2D eigenvalue weighted by atomic mass is 9.96. The van der Waals surface area contributed by atoms with Gasteiger partial charge in [-0.25, -0.2) is 13.9 Å². The summed E-state index contributed by atoms with van der Waals surface area (Å²) in [4.78, 5) is 20.5. The SMILES string of the molecule is CCc1nn(-c2ccc(F)cc2)c(N2CCN(C(C)C)CC2)c1CN(CC(C)C)C(=O)NC1CCCCC1. The van der Waals surface area contributed by atoms with Crippen LogP contribution in [-0.4, -0.2) is 70.4 Å². The van der Waals surface area contributed by atoms with Crippen molar-refractivity contribution in [2.24, 2.45) is 5.92 Å². The number of nitrogens with zero attached hydrogens (tertiary/aromatic N) is 5. The molecule has 4 rings (SSSR count). The molecule has 2 aromatic rings. The molecule has 2 fully saturated rings. The van der Waals surface area contributed by atoms with Crippen LogP contribution >= 0.6 is 0 Å². The number of amides is 2. The van der Waals surface area contributed by atoms with Crippen molar-refractivity contribution in [1.29, 1.82) is 0 Å². The average molecular weight is 527 g/mol. The second kappa shape index (κ2) is 13.0. The van der Waals surface area contributed by atoms with Crippen molar-refractivity contribution in [3.63, 3.8) is 0 Å². The van der Waals surface area contributed by atoms with Gasteiger partial charge in [0.1, 0.15) is 11.6 Å². The molecule has 2 heterocycles. The van der Waals surface area contributed by atoms with Gasteiger partial charge in [0.25, 0.3) is 0 Å². The molecule has 0 unspecified atom stereocenters. The molecular formula is C30H47FN6O. The van der Waals surface area contributed by atoms with E-state index in [0.717, 1.165) is 68.2 Å². The van der Waals surface area contributed by atoms with Crippen molar-refractivity contribution in [2.45, 2.75) is 91.8 Å². The Morgan fingerprint density at radius 2 is 1.71 bits per heavy atom. The van der Waals surface area contributed by atoms with E-state index in [1.54, 1.807) is 12.1 Å². The standard InChI is InChI=1S/C30H47FN6O/c1-6-28-27(21-36(20-22(2)3)30(38)32-25-10-8-7-9-11-25)29(35-18-16-34(17-19-35)23(4)5)37(33-28)26-14-12-24(31)13-15-26/h12-15,22-23,25H,6-11,16-21H2,1-5H3,(H,32,38). The van der Waals surface area contributed by atoms with Gasteiger partial charge in [-0.3, -0.25) is 4.90 Å². The molecule has 38 heavy (non-hydrogen) atoms. The van der Waals surface area contributed by atoms with E-state index in [-0.39, 0.29) is 17.9 Å². The highest BCUT2D eigenvalue weighted by Crippen LogP contribution is 2.31. The third kappa shape index (κ3) is 6.87. The van der Waals surface area contributed by atoms with Crippen LogP contribution < -0.4 is 10.2 Å². The summed E-state index contributed by atoms with van der Waals surface area (Å²) in [5.41, 5.74) is 2.94. The molecule has 1 aliphatic carbocycles. The number of hydrogen-bond acceptors (Lipinski definition) is 4. The lowest BCUT2D eigenvalue weighted by molar-refractivity contribution is 0.180. The maximum Gasteiger partial charge on any atom is 0.317 e. The van der Waals surface area contributed by atoms with Crippen LogP contribution in [0.25, 0.3) is 5.69 Å². The minimum absolute atomic E-state index is 0.0257. The third-order valence-electron chi connectivity index (χ3n) is 7.94. The summed E-state index contributed by atoms with van der Waals surface area (Å²) in [5, 5.41) is 8.39. The quantitative estimate of drug-likeness (QED) is 0.462. The van der Waals surface area contributed by atoms with E-state index in [4.69, 9.17) is 5.10 Å². The molecule has 0 bridgehead atoms. The topological polar surface area (TPSA) is 56.6 Å². The molecule has 0 atom stereocenters. The Labute approximate surface area is 228 Å². The maximum absolute atomic E-state index is 13.8. The molecular weight excluding hydrogens is 479 g/mol. The Morgan fingerprint density at radius 3 is 2.29 bits per heavy atom. The van der Waals surface area contributed by atoms with Gasteiger partial charge < -0.3 is 15.1 Å². The normalized spacial score (nSPS) is 17.4. The molecule has 1 aromatic carbocycles. The van der Waals surface area contributed by atoms with E-state index in [0.29, 0.717) is 25.0 Å². The minimum Gasteiger partial charge on any atom is -0.354 e. The van der Waals surface area contributed by atoms with Crippen LogP contribution in [-0.2, 0) is 13.0 Å². The van der Waals surface area contributed by atoms with E-state index in [2.05, 4.69) is 49.7 Å². The Hall–Kier alpha value is -2.61. The zero-order chi connectivity index (χ0) is 27.2. The second-order valence-corrected chi connectivity index (χ2v) is 11.7. The van der Waals surface area contributed by atoms with Gasteiger partial charge in [-0.05, 0) is 63.3 Å². The largest absolute Gasteiger partial charge is 0.354 e. The van der Waals surface area contributed by atoms with Crippen LogP contribution in [0.4, 0.5) is 15.0 Å². The van der Waals surface area contributed by atoms with Gasteiger partial charge in [0.2, 0.25) is 0 Å². The number of anilines is 1. The summed E-state index contributed by atoms with van der Waals surface area (Å²) < 4.78 is 15.8. The summed E-state index contributed by atoms with van der Waals surface area (Å²) in [5.74, 6) is 1.13. The fourth-order valence-corrected chi connectivity index (χ4v) is 5.83. The van der Waals surface area contributed by atoms with Crippen LogP contribution in [0.1, 0.15) is 78.0 Å². The van der Waals surface area contributed by atoms with Crippen molar-refractivity contribution >= 4 is 11.8 Å². The van der Waals surface area contributed by atoms with E-state index in [1.807, 2.05) is 9.58 Å². The number of rotatable bonds is 9. The predicted octanol–water partition coefficient (Wildman–Crippen LogP) is 5.60. The number of urea groups is 1. The number of carbonyl (C=O) groups is 1. The molecule has 0 spiro atoms. The Kier molecular flexibility index (Phi) is 9.69. The lowest BCUT2D eigenvalue weighted by Gasteiger charge is -2.39. The molecule has 210 valence electrons. The maximum atomic E-state index is 13.8. The zero-order valence-electron chi connectivity index (χ0n) is 24.0. The summed E-state index contributed by atoms with van der Waals surface area (Å²) in [6.07, 6.45) is 6.53. The molecule has 7 nitrogen and oxygen atoms in total. The fraction of sp³-hybridized carbons (Fsp3) is 0.667. The van der Waals surface area contributed by atoms with Crippen molar-refractivity contribution in [3.05, 3.63) is 41.3 Å². The number of hydrogen-bond donors (Lipinski definition) is 1. The first-order chi connectivity index (χ1) is 18.3. The third-order valence-corrected chi connectivity index (χ3v) is 7.94. The average Bonchev–Trinajstić information content (AvgIpc) is 3.27. The second-order valence-electron chi connectivity index (χ2n) is 11.7. The molecule has 1 saturated carbocycles. The van der Waals surface area contributed by atoms with Crippen LogP contribution in [0, 0.1) is 11.7 Å². The van der Waals surface area contributed by atoms with Crippen molar-refractivity contribution in [1.82, 2.24) is 24.9 Å². The van der Waals surface area contributed by atoms with E-state index < -0.39 is 0 Å². The monoisotopic (exact) mass is 526 g/mol. The molecule has 8 heteroatoms. The summed E-state index contributed by atoms with van der Waals surface area (Å²) in [6.45, 7) is 15.9. The Balaban J connectivity index is 1.69. The van der Waals surface area contributed by atoms with Gasteiger partial charge in [0, 0.05) is 50.4 Å². The Morgan fingerprint density at radius 1 is 1.05 bits per heavy atom. The highest BCUT2D eigenvalue weighted by molar-refractivity contribution is 5.75. The highest BCUT2D eigenvalue weighted by Gasteiger charge is 2.30. The van der Waals surface area contributed by atoms with Gasteiger partial charge in [-0.1, -0.05) is 40.0 Å². The number of aryl methyl sites for hydroxylation is 1. The molecule has 1 aromatic heterocycles. The molecule has 2 aliphatic rings. The minimum atomic E-state index is -0.258. The van der Waals surface area contributed by atoms with Crippen molar-refractivity contribution < 1.29 is 9.18 Å². The summed E-state index contributed by atoms with van der Waals surface area (Å²) in [6, 6.07) is 7.37. The first kappa shape index (κ1) is 28.4. The molecule has 1 saturated heterocycles. The van der Waals surface area contributed by atoms with Crippen molar-refractivity contribution in [2.75, 3.05) is 37.6 Å². The summed E-state index contributed by atoms with van der Waals surface area (Å²) in [7, 11) is 0. The number of halogens is 1. The van der Waals surface area contributed by atoms with Crippen LogP contribution in [0.15, 0.2) is 24.3 Å². The van der Waals surface area contributed by atoms with E-state index in [9.17, 15) is 9.18 Å². The number of piperazine rings is 1. The molecule has 0 radical (unpaired) electrons. The zero-order valence-corrected chi connectivity index (χ0v) is 24.0. The van der Waals surface area contributed by atoms with E-state index in [1.165, 1.54) is 31.4 Å². The number of carbonyl (C=O) groups excluding carboxylic acids is 1. The number of nitrogens with one attached hydrogen (secondary N) is 1. The van der Waals surface area contributed by atoms with Crippen LogP contribution in [0.2, 0.25) is 0 Å². The van der Waals surface area contributed by atoms with Gasteiger partial charge in [0.05, 0.1) is 17.9 Å². The van der Waals surface area contributed by atoms with Gasteiger partial charge in [-0.2, -0.15) is 5.10 Å². The summed E-state index contributed by atoms with van der Waals surface area (Å²) >= 11 is 0. The van der Waals surface area contributed by atoms with Crippen LogP contribution in [0.3, 0.4) is 0 Å².